The molecule has 1 unspecified atom stereocenters. The molecule has 124 valence electrons. The van der Waals surface area contributed by atoms with Gasteiger partial charge in [-0.2, -0.15) is 0 Å². The lowest BCUT2D eigenvalue weighted by Crippen LogP contribution is -2.47. The lowest BCUT2D eigenvalue weighted by molar-refractivity contribution is 0.0263. The molecule has 6 heteroatoms. The Kier molecular flexibility index (Phi) is 9.59. The molecule has 0 aromatic carbocycles. The minimum atomic E-state index is 0. The van der Waals surface area contributed by atoms with E-state index in [1.165, 1.54) is 6.42 Å². The molecule has 0 bridgehead atoms. The highest BCUT2D eigenvalue weighted by Crippen LogP contribution is 2.15. The van der Waals surface area contributed by atoms with E-state index in [1.54, 1.807) is 0 Å². The summed E-state index contributed by atoms with van der Waals surface area (Å²) in [6, 6.07) is 0. The molecule has 1 atom stereocenters. The van der Waals surface area contributed by atoms with Gasteiger partial charge in [0.2, 0.25) is 0 Å². The quantitative estimate of drug-likeness (QED) is 0.428. The predicted molar refractivity (Wildman–Crippen MR) is 96.6 cm³/mol. The van der Waals surface area contributed by atoms with Crippen molar-refractivity contribution in [1.82, 2.24) is 10.2 Å². The first kappa shape index (κ1) is 19.0. The van der Waals surface area contributed by atoms with Crippen LogP contribution in [0.4, 0.5) is 0 Å². The van der Waals surface area contributed by atoms with Crippen LogP contribution in [-0.4, -0.2) is 62.5 Å². The van der Waals surface area contributed by atoms with E-state index in [0.29, 0.717) is 12.2 Å². The molecule has 0 saturated carbocycles. The van der Waals surface area contributed by atoms with Gasteiger partial charge in [0, 0.05) is 32.8 Å². The van der Waals surface area contributed by atoms with Gasteiger partial charge >= 0.3 is 0 Å². The number of piperidine rings is 1. The van der Waals surface area contributed by atoms with Crippen molar-refractivity contribution in [3.05, 3.63) is 0 Å². The van der Waals surface area contributed by atoms with E-state index in [9.17, 15) is 0 Å². The van der Waals surface area contributed by atoms with Crippen molar-refractivity contribution in [2.24, 2.45) is 4.99 Å². The molecule has 2 aliphatic rings. The number of aliphatic imine (C=N–C) groups is 1. The number of nitrogens with one attached hydrogen (secondary N) is 1. The van der Waals surface area contributed by atoms with Gasteiger partial charge in [0.25, 0.3) is 0 Å². The Labute approximate surface area is 145 Å². The number of hydrogen-bond acceptors (Lipinski definition) is 3. The molecule has 2 rings (SSSR count). The Bertz CT molecular complexity index is 301. The zero-order chi connectivity index (χ0) is 14.2. The van der Waals surface area contributed by atoms with Crippen LogP contribution in [0.2, 0.25) is 0 Å². The van der Waals surface area contributed by atoms with Crippen molar-refractivity contribution >= 4 is 29.9 Å². The molecule has 2 fully saturated rings. The van der Waals surface area contributed by atoms with Crippen LogP contribution in [0.3, 0.4) is 0 Å². The summed E-state index contributed by atoms with van der Waals surface area (Å²) in [6.07, 6.45) is 5.27. The summed E-state index contributed by atoms with van der Waals surface area (Å²) in [4.78, 5) is 7.11. The van der Waals surface area contributed by atoms with Gasteiger partial charge in [-0.3, -0.25) is 4.99 Å². The van der Waals surface area contributed by atoms with Gasteiger partial charge in [-0.1, -0.05) is 0 Å². The number of guanidine groups is 1. The average molecular weight is 411 g/mol. The van der Waals surface area contributed by atoms with Crippen LogP contribution in [0.15, 0.2) is 4.99 Å². The molecule has 2 heterocycles. The topological polar surface area (TPSA) is 46.1 Å². The number of rotatable bonds is 5. The highest BCUT2D eigenvalue weighted by Gasteiger charge is 2.22. The zero-order valence-corrected chi connectivity index (χ0v) is 15.7. The van der Waals surface area contributed by atoms with Crippen LogP contribution in [0.1, 0.15) is 39.5 Å². The van der Waals surface area contributed by atoms with E-state index in [-0.39, 0.29) is 24.0 Å². The maximum absolute atomic E-state index is 5.71. The number of hydrogen-bond donors (Lipinski definition) is 1. The van der Waals surface area contributed by atoms with Crippen LogP contribution < -0.4 is 5.32 Å². The first-order valence-corrected chi connectivity index (χ1v) is 8.10. The molecule has 0 radical (unpaired) electrons. The summed E-state index contributed by atoms with van der Waals surface area (Å²) in [6.45, 7) is 9.66. The molecular weight excluding hydrogens is 381 g/mol. The minimum absolute atomic E-state index is 0. The van der Waals surface area contributed by atoms with E-state index in [4.69, 9.17) is 14.5 Å². The van der Waals surface area contributed by atoms with Gasteiger partial charge in [0.15, 0.2) is 5.96 Å². The summed E-state index contributed by atoms with van der Waals surface area (Å²) in [5.74, 6) is 1.04. The standard InChI is InChI=1S/C15H29N3O2.HI/c1-3-16-15(17-12-14-6-5-11-20-14)18-9-7-13(8-10-18)19-4-2;/h13-14H,3-12H2,1-2H3,(H,16,17);1H. The molecule has 0 aromatic rings. The second-order valence-corrected chi connectivity index (χ2v) is 5.47. The third kappa shape index (κ3) is 6.28. The normalized spacial score (nSPS) is 24.0. The van der Waals surface area contributed by atoms with Crippen LogP contribution in [0.5, 0.6) is 0 Å². The number of likely N-dealkylation sites (tertiary alicyclic amines) is 1. The van der Waals surface area contributed by atoms with E-state index < -0.39 is 0 Å². The highest BCUT2D eigenvalue weighted by molar-refractivity contribution is 14.0. The average Bonchev–Trinajstić information content (AvgIpc) is 2.98. The second-order valence-electron chi connectivity index (χ2n) is 5.47. The van der Waals surface area contributed by atoms with Crippen LogP contribution in [0.25, 0.3) is 0 Å². The zero-order valence-electron chi connectivity index (χ0n) is 13.3. The van der Waals surface area contributed by atoms with Crippen molar-refractivity contribution < 1.29 is 9.47 Å². The summed E-state index contributed by atoms with van der Waals surface area (Å²) in [7, 11) is 0. The van der Waals surface area contributed by atoms with Gasteiger partial charge in [-0.15, -0.1) is 24.0 Å². The van der Waals surface area contributed by atoms with E-state index in [0.717, 1.165) is 64.6 Å². The van der Waals surface area contributed by atoms with Crippen molar-refractivity contribution in [1.29, 1.82) is 0 Å². The molecule has 0 aliphatic carbocycles. The molecule has 21 heavy (non-hydrogen) atoms. The molecule has 2 aliphatic heterocycles. The molecule has 0 spiro atoms. The minimum Gasteiger partial charge on any atom is -0.378 e. The Morgan fingerprint density at radius 2 is 2.05 bits per heavy atom. The third-order valence-electron chi connectivity index (χ3n) is 3.95. The molecule has 0 aromatic heterocycles. The summed E-state index contributed by atoms with van der Waals surface area (Å²) in [5, 5.41) is 3.40. The van der Waals surface area contributed by atoms with Gasteiger partial charge < -0.3 is 19.7 Å². The van der Waals surface area contributed by atoms with Gasteiger partial charge in [-0.25, -0.2) is 0 Å². The Balaban J connectivity index is 0.00000220. The molecular formula is C15H30IN3O2. The maximum atomic E-state index is 5.71. The largest absolute Gasteiger partial charge is 0.378 e. The van der Waals surface area contributed by atoms with E-state index in [1.807, 2.05) is 0 Å². The third-order valence-corrected chi connectivity index (χ3v) is 3.95. The van der Waals surface area contributed by atoms with Gasteiger partial charge in [0.1, 0.15) is 0 Å². The van der Waals surface area contributed by atoms with E-state index in [2.05, 4.69) is 24.1 Å². The van der Waals surface area contributed by atoms with Gasteiger partial charge in [-0.05, 0) is 39.5 Å². The fourth-order valence-corrected chi connectivity index (χ4v) is 2.87. The SMILES string of the molecule is CCNC(=NCC1CCCO1)N1CCC(OCC)CC1.I. The van der Waals surface area contributed by atoms with Crippen LogP contribution in [0, 0.1) is 0 Å². The fraction of sp³-hybridized carbons (Fsp3) is 0.933. The van der Waals surface area contributed by atoms with Crippen molar-refractivity contribution in [3.63, 3.8) is 0 Å². The lowest BCUT2D eigenvalue weighted by atomic mass is 10.1. The molecule has 1 N–H and O–H groups in total. The number of halogens is 1. The Morgan fingerprint density at radius 3 is 2.62 bits per heavy atom. The smallest absolute Gasteiger partial charge is 0.194 e. The number of ether oxygens (including phenoxy) is 2. The Hall–Kier alpha value is -0.0800. The molecule has 2 saturated heterocycles. The van der Waals surface area contributed by atoms with Crippen molar-refractivity contribution in [3.8, 4) is 0 Å². The first-order valence-electron chi connectivity index (χ1n) is 8.10. The van der Waals surface area contributed by atoms with Crippen LogP contribution >= 0.6 is 24.0 Å². The maximum Gasteiger partial charge on any atom is 0.194 e. The summed E-state index contributed by atoms with van der Waals surface area (Å²) < 4.78 is 11.3. The first-order chi connectivity index (χ1) is 9.83. The highest BCUT2D eigenvalue weighted by atomic mass is 127. The fourth-order valence-electron chi connectivity index (χ4n) is 2.87. The lowest BCUT2D eigenvalue weighted by Gasteiger charge is -2.34. The van der Waals surface area contributed by atoms with Crippen LogP contribution in [-0.2, 0) is 9.47 Å². The summed E-state index contributed by atoms with van der Waals surface area (Å²) in [5.41, 5.74) is 0. The van der Waals surface area contributed by atoms with Crippen molar-refractivity contribution in [2.45, 2.75) is 51.7 Å². The second kappa shape index (κ2) is 10.6. The van der Waals surface area contributed by atoms with E-state index >= 15 is 0 Å². The summed E-state index contributed by atoms with van der Waals surface area (Å²) >= 11 is 0. The number of nitrogens with zero attached hydrogens (tertiary/aromatic N) is 2. The predicted octanol–water partition coefficient (Wildman–Crippen LogP) is 2.25. The Morgan fingerprint density at radius 1 is 1.29 bits per heavy atom. The van der Waals surface area contributed by atoms with Gasteiger partial charge in [0.05, 0.1) is 18.8 Å². The molecule has 0 amide bonds. The molecule has 5 nitrogen and oxygen atoms in total. The monoisotopic (exact) mass is 411 g/mol. The van der Waals surface area contributed by atoms with Crippen molar-refractivity contribution in [2.75, 3.05) is 39.4 Å².